The first-order valence-electron chi connectivity index (χ1n) is 7.63. The van der Waals surface area contributed by atoms with Crippen LogP contribution in [0.5, 0.6) is 17.4 Å². The molecule has 0 saturated carbocycles. The van der Waals surface area contributed by atoms with Crippen molar-refractivity contribution >= 4 is 0 Å². The number of aryl methyl sites for hydroxylation is 1. The lowest BCUT2D eigenvalue weighted by Gasteiger charge is -2.22. The van der Waals surface area contributed by atoms with Gasteiger partial charge in [0.1, 0.15) is 17.3 Å². The second-order valence-electron chi connectivity index (χ2n) is 5.53. The Labute approximate surface area is 130 Å². The molecule has 1 aliphatic heterocycles. The SMILES string of the molecule is COc1ccc(Oc2cc(C)nc(C3CCCNC3)n2)cc1. The molecule has 1 aromatic carbocycles. The minimum Gasteiger partial charge on any atom is -0.497 e. The number of hydrogen-bond acceptors (Lipinski definition) is 5. The standard InChI is InChI=1S/C17H21N3O2/c1-12-10-16(22-15-7-5-14(21-2)6-8-15)20-17(19-12)13-4-3-9-18-11-13/h5-8,10,13,18H,3-4,9,11H2,1-2H3. The van der Waals surface area contributed by atoms with Crippen LogP contribution in [0.4, 0.5) is 0 Å². The molecule has 1 atom stereocenters. The van der Waals surface area contributed by atoms with E-state index in [1.165, 1.54) is 0 Å². The van der Waals surface area contributed by atoms with Crippen LogP contribution in [-0.4, -0.2) is 30.2 Å². The van der Waals surface area contributed by atoms with Gasteiger partial charge in [-0.15, -0.1) is 0 Å². The van der Waals surface area contributed by atoms with Crippen molar-refractivity contribution in [2.75, 3.05) is 20.2 Å². The Morgan fingerprint density at radius 1 is 1.14 bits per heavy atom. The van der Waals surface area contributed by atoms with Crippen molar-refractivity contribution in [2.45, 2.75) is 25.7 Å². The highest BCUT2D eigenvalue weighted by Gasteiger charge is 2.19. The number of benzene rings is 1. The van der Waals surface area contributed by atoms with E-state index >= 15 is 0 Å². The summed E-state index contributed by atoms with van der Waals surface area (Å²) in [4.78, 5) is 9.17. The molecule has 0 radical (unpaired) electrons. The summed E-state index contributed by atoms with van der Waals surface area (Å²) in [7, 11) is 1.65. The number of methoxy groups -OCH3 is 1. The van der Waals surface area contributed by atoms with Crippen molar-refractivity contribution in [3.8, 4) is 17.4 Å². The quantitative estimate of drug-likeness (QED) is 0.940. The summed E-state index contributed by atoms with van der Waals surface area (Å²) >= 11 is 0. The van der Waals surface area contributed by atoms with E-state index in [1.807, 2.05) is 37.3 Å². The summed E-state index contributed by atoms with van der Waals surface area (Å²) in [6.45, 7) is 3.99. The Morgan fingerprint density at radius 3 is 2.59 bits per heavy atom. The maximum Gasteiger partial charge on any atom is 0.222 e. The molecular weight excluding hydrogens is 278 g/mol. The average Bonchev–Trinajstić information content (AvgIpc) is 2.56. The van der Waals surface area contributed by atoms with Crippen LogP contribution in [-0.2, 0) is 0 Å². The van der Waals surface area contributed by atoms with Crippen LogP contribution in [0.3, 0.4) is 0 Å². The number of nitrogens with zero attached hydrogens (tertiary/aromatic N) is 2. The zero-order chi connectivity index (χ0) is 15.4. The summed E-state index contributed by atoms with van der Waals surface area (Å²) < 4.78 is 11.0. The van der Waals surface area contributed by atoms with E-state index in [0.717, 1.165) is 48.9 Å². The van der Waals surface area contributed by atoms with Crippen LogP contribution >= 0.6 is 0 Å². The van der Waals surface area contributed by atoms with Gasteiger partial charge in [0.2, 0.25) is 5.88 Å². The third kappa shape index (κ3) is 3.54. The zero-order valence-corrected chi connectivity index (χ0v) is 13.0. The van der Waals surface area contributed by atoms with Crippen molar-refractivity contribution in [1.82, 2.24) is 15.3 Å². The molecule has 1 saturated heterocycles. The molecule has 5 heteroatoms. The molecule has 0 amide bonds. The number of piperidine rings is 1. The van der Waals surface area contributed by atoms with E-state index in [9.17, 15) is 0 Å². The molecule has 116 valence electrons. The zero-order valence-electron chi connectivity index (χ0n) is 13.0. The molecule has 5 nitrogen and oxygen atoms in total. The number of ether oxygens (including phenoxy) is 2. The number of hydrogen-bond donors (Lipinski definition) is 1. The molecule has 1 fully saturated rings. The van der Waals surface area contributed by atoms with Crippen LogP contribution in [0.1, 0.15) is 30.3 Å². The molecule has 0 spiro atoms. The first-order valence-corrected chi connectivity index (χ1v) is 7.63. The molecule has 1 N–H and O–H groups in total. The molecule has 2 aromatic rings. The van der Waals surface area contributed by atoms with Crippen LogP contribution in [0.15, 0.2) is 30.3 Å². The van der Waals surface area contributed by atoms with E-state index in [0.29, 0.717) is 11.8 Å². The predicted molar refractivity (Wildman–Crippen MR) is 84.7 cm³/mol. The van der Waals surface area contributed by atoms with Gasteiger partial charge in [0.05, 0.1) is 7.11 Å². The number of aromatic nitrogens is 2. The minimum absolute atomic E-state index is 0.367. The summed E-state index contributed by atoms with van der Waals surface area (Å²) in [6.07, 6.45) is 2.29. The highest BCUT2D eigenvalue weighted by molar-refractivity contribution is 5.33. The normalized spacial score (nSPS) is 18.0. The van der Waals surface area contributed by atoms with Gasteiger partial charge in [0.25, 0.3) is 0 Å². The smallest absolute Gasteiger partial charge is 0.222 e. The van der Waals surface area contributed by atoms with Crippen LogP contribution < -0.4 is 14.8 Å². The van der Waals surface area contributed by atoms with E-state index in [-0.39, 0.29) is 0 Å². The second-order valence-corrected chi connectivity index (χ2v) is 5.53. The third-order valence-electron chi connectivity index (χ3n) is 3.79. The van der Waals surface area contributed by atoms with Crippen molar-refractivity contribution in [3.63, 3.8) is 0 Å². The first kappa shape index (κ1) is 14.8. The Balaban J connectivity index is 1.79. The number of nitrogens with one attached hydrogen (secondary N) is 1. The topological polar surface area (TPSA) is 56.3 Å². The minimum atomic E-state index is 0.367. The molecule has 1 aliphatic rings. The fourth-order valence-electron chi connectivity index (χ4n) is 2.63. The fraction of sp³-hybridized carbons (Fsp3) is 0.412. The maximum atomic E-state index is 5.86. The van der Waals surface area contributed by atoms with Crippen molar-refractivity contribution in [2.24, 2.45) is 0 Å². The lowest BCUT2D eigenvalue weighted by atomic mass is 9.99. The molecule has 1 aromatic heterocycles. The van der Waals surface area contributed by atoms with Gasteiger partial charge in [-0.2, -0.15) is 4.98 Å². The Kier molecular flexibility index (Phi) is 4.53. The molecule has 0 bridgehead atoms. The summed E-state index contributed by atoms with van der Waals surface area (Å²) in [5.74, 6) is 3.38. The van der Waals surface area contributed by atoms with E-state index in [1.54, 1.807) is 7.11 Å². The highest BCUT2D eigenvalue weighted by Crippen LogP contribution is 2.26. The van der Waals surface area contributed by atoms with Gasteiger partial charge in [0.15, 0.2) is 0 Å². The molecule has 2 heterocycles. The molecule has 0 aliphatic carbocycles. The van der Waals surface area contributed by atoms with Gasteiger partial charge in [-0.3, -0.25) is 0 Å². The van der Waals surface area contributed by atoms with Crippen molar-refractivity contribution < 1.29 is 9.47 Å². The summed E-state index contributed by atoms with van der Waals surface area (Å²) in [5.41, 5.74) is 0.930. The summed E-state index contributed by atoms with van der Waals surface area (Å²) in [5, 5.41) is 3.40. The molecule has 1 unspecified atom stereocenters. The highest BCUT2D eigenvalue weighted by atomic mass is 16.5. The van der Waals surface area contributed by atoms with Crippen molar-refractivity contribution in [3.05, 3.63) is 41.9 Å². The lowest BCUT2D eigenvalue weighted by Crippen LogP contribution is -2.29. The van der Waals surface area contributed by atoms with Gasteiger partial charge in [0, 0.05) is 24.2 Å². The Hall–Kier alpha value is -2.14. The Bertz CT molecular complexity index is 622. The summed E-state index contributed by atoms with van der Waals surface area (Å²) in [6, 6.07) is 9.35. The predicted octanol–water partition coefficient (Wildman–Crippen LogP) is 3.05. The lowest BCUT2D eigenvalue weighted by molar-refractivity contribution is 0.410. The molecule has 22 heavy (non-hydrogen) atoms. The second kappa shape index (κ2) is 6.75. The maximum absolute atomic E-state index is 5.86. The van der Waals surface area contributed by atoms with E-state index in [2.05, 4.69) is 15.3 Å². The Morgan fingerprint density at radius 2 is 1.91 bits per heavy atom. The first-order chi connectivity index (χ1) is 10.7. The molecule has 3 rings (SSSR count). The monoisotopic (exact) mass is 299 g/mol. The van der Waals surface area contributed by atoms with Gasteiger partial charge >= 0.3 is 0 Å². The van der Waals surface area contributed by atoms with Gasteiger partial charge < -0.3 is 14.8 Å². The van der Waals surface area contributed by atoms with E-state index in [4.69, 9.17) is 9.47 Å². The molecular formula is C17H21N3O2. The third-order valence-corrected chi connectivity index (χ3v) is 3.79. The van der Waals surface area contributed by atoms with Crippen LogP contribution in [0.25, 0.3) is 0 Å². The van der Waals surface area contributed by atoms with Gasteiger partial charge in [-0.1, -0.05) is 0 Å². The van der Waals surface area contributed by atoms with Gasteiger partial charge in [-0.25, -0.2) is 4.98 Å². The average molecular weight is 299 g/mol. The van der Waals surface area contributed by atoms with Gasteiger partial charge in [-0.05, 0) is 50.6 Å². The van der Waals surface area contributed by atoms with Crippen LogP contribution in [0.2, 0.25) is 0 Å². The van der Waals surface area contributed by atoms with E-state index < -0.39 is 0 Å². The van der Waals surface area contributed by atoms with Crippen molar-refractivity contribution in [1.29, 1.82) is 0 Å². The number of rotatable bonds is 4. The largest absolute Gasteiger partial charge is 0.497 e. The fourth-order valence-corrected chi connectivity index (χ4v) is 2.63. The van der Waals surface area contributed by atoms with Crippen LogP contribution in [0, 0.1) is 6.92 Å².